The molecule has 19 heteroatoms. The molecular formula is C38H61F9O10. The molecule has 4 N–H and O–H groups in total. The molecule has 336 valence electrons. The molecule has 0 saturated carbocycles. The third-order valence-corrected chi connectivity index (χ3v) is 9.39. The lowest BCUT2D eigenvalue weighted by Gasteiger charge is -2.44. The maximum atomic E-state index is 12.8. The highest BCUT2D eigenvalue weighted by molar-refractivity contribution is 5.77. The lowest BCUT2D eigenvalue weighted by Crippen LogP contribution is -2.70. The van der Waals surface area contributed by atoms with Gasteiger partial charge < -0.3 is 34.6 Å². The van der Waals surface area contributed by atoms with Crippen LogP contribution in [0.5, 0.6) is 0 Å². The SMILES string of the molecule is CCC(C)(C)C(=O)OCCO.CCC(C)(CO)C(=O)OC(C)(C)C(O)(C(F)(F)F)C(F)(F)F.CCC(C)(CO)C(=O)OCC(F)(F)F.CCC(C)c1ccccc1. The van der Waals surface area contributed by atoms with Crippen LogP contribution in [0.2, 0.25) is 0 Å². The van der Waals surface area contributed by atoms with Gasteiger partial charge in [0.25, 0.3) is 5.60 Å². The van der Waals surface area contributed by atoms with Crippen molar-refractivity contribution >= 4 is 17.9 Å². The molecule has 0 aliphatic carbocycles. The van der Waals surface area contributed by atoms with E-state index in [1.165, 1.54) is 25.8 Å². The molecule has 0 radical (unpaired) electrons. The number of rotatable bonds is 15. The largest absolute Gasteiger partial charge is 0.463 e. The number of carbonyl (C=O) groups excluding carboxylic acids is 3. The third kappa shape index (κ3) is 18.5. The average Bonchev–Trinajstić information content (AvgIpc) is 3.14. The number of benzene rings is 1. The van der Waals surface area contributed by atoms with Crippen molar-refractivity contribution in [1.29, 1.82) is 0 Å². The number of hydrogen-bond donors (Lipinski definition) is 4. The molecule has 0 heterocycles. The van der Waals surface area contributed by atoms with Gasteiger partial charge in [0.1, 0.15) is 6.61 Å². The van der Waals surface area contributed by atoms with Crippen molar-refractivity contribution in [2.45, 2.75) is 137 Å². The lowest BCUT2D eigenvalue weighted by atomic mass is 9.82. The minimum Gasteiger partial charge on any atom is -0.463 e. The van der Waals surface area contributed by atoms with Crippen LogP contribution in [-0.2, 0) is 28.6 Å². The number of esters is 3. The van der Waals surface area contributed by atoms with E-state index in [-0.39, 0.29) is 32.0 Å². The van der Waals surface area contributed by atoms with Gasteiger partial charge in [-0.25, -0.2) is 0 Å². The summed E-state index contributed by atoms with van der Waals surface area (Å²) in [7, 11) is 0. The molecule has 0 aromatic heterocycles. The first-order valence-corrected chi connectivity index (χ1v) is 18.0. The van der Waals surface area contributed by atoms with E-state index in [4.69, 9.17) is 20.1 Å². The van der Waals surface area contributed by atoms with Crippen LogP contribution in [-0.4, -0.2) is 101 Å². The van der Waals surface area contributed by atoms with Gasteiger partial charge in [0.05, 0.1) is 36.1 Å². The zero-order valence-electron chi connectivity index (χ0n) is 34.5. The molecule has 0 amide bonds. The summed E-state index contributed by atoms with van der Waals surface area (Å²) < 4.78 is 125. The van der Waals surface area contributed by atoms with Crippen LogP contribution in [0.4, 0.5) is 39.5 Å². The second-order valence-corrected chi connectivity index (χ2v) is 14.8. The molecule has 0 spiro atoms. The van der Waals surface area contributed by atoms with Crippen molar-refractivity contribution in [3.63, 3.8) is 0 Å². The van der Waals surface area contributed by atoms with E-state index >= 15 is 0 Å². The molecule has 0 bridgehead atoms. The Morgan fingerprint density at radius 3 is 1.39 bits per heavy atom. The van der Waals surface area contributed by atoms with Gasteiger partial charge in [0.15, 0.2) is 12.2 Å². The van der Waals surface area contributed by atoms with Crippen molar-refractivity contribution in [3.8, 4) is 0 Å². The monoisotopic (exact) mass is 848 g/mol. The van der Waals surface area contributed by atoms with Crippen LogP contribution < -0.4 is 0 Å². The van der Waals surface area contributed by atoms with Crippen LogP contribution in [0.1, 0.15) is 113 Å². The second-order valence-electron chi connectivity index (χ2n) is 14.8. The number of hydrogen-bond acceptors (Lipinski definition) is 10. The Hall–Kier alpha value is -3.16. The average molecular weight is 849 g/mol. The zero-order chi connectivity index (χ0) is 45.9. The molecule has 1 rings (SSSR count). The second kappa shape index (κ2) is 24.1. The highest BCUT2D eigenvalue weighted by Crippen LogP contribution is 2.51. The van der Waals surface area contributed by atoms with Crippen molar-refractivity contribution < 1.29 is 88.5 Å². The topological polar surface area (TPSA) is 160 Å². The Morgan fingerprint density at radius 2 is 1.07 bits per heavy atom. The highest BCUT2D eigenvalue weighted by atomic mass is 19.4. The van der Waals surface area contributed by atoms with E-state index in [2.05, 4.69) is 53.7 Å². The predicted octanol–water partition coefficient (Wildman–Crippen LogP) is 8.23. The molecule has 1 aromatic carbocycles. The van der Waals surface area contributed by atoms with E-state index in [1.807, 2.05) is 20.8 Å². The maximum absolute atomic E-state index is 12.8. The summed E-state index contributed by atoms with van der Waals surface area (Å²) in [6, 6.07) is 10.6. The van der Waals surface area contributed by atoms with Gasteiger partial charge in [-0.3, -0.25) is 14.4 Å². The summed E-state index contributed by atoms with van der Waals surface area (Å²) in [5, 5.41) is 35.5. The molecule has 0 saturated heterocycles. The first-order valence-electron chi connectivity index (χ1n) is 18.0. The van der Waals surface area contributed by atoms with Crippen LogP contribution in [0.25, 0.3) is 0 Å². The predicted molar refractivity (Wildman–Crippen MR) is 192 cm³/mol. The highest BCUT2D eigenvalue weighted by Gasteiger charge is 2.78. The first kappa shape index (κ1) is 58.2. The Balaban J connectivity index is -0.000000720. The van der Waals surface area contributed by atoms with Gasteiger partial charge in [0, 0.05) is 0 Å². The Morgan fingerprint density at radius 1 is 0.649 bits per heavy atom. The summed E-state index contributed by atoms with van der Waals surface area (Å²) in [6.45, 7) is 13.1. The Kier molecular flexibility index (Phi) is 24.5. The molecule has 0 aliphatic rings. The number of halogens is 9. The van der Waals surface area contributed by atoms with Crippen molar-refractivity contribution in [2.75, 3.05) is 33.0 Å². The molecule has 0 fully saturated rings. The number of aliphatic hydroxyl groups is 4. The van der Waals surface area contributed by atoms with E-state index in [0.29, 0.717) is 19.8 Å². The standard InChI is InChI=1S/C12H18F6O4.C10H14.C8H13F3O3.C8H16O3/c1-5-9(4,6-19)7(20)22-8(2,3)10(21,11(13,14)15)12(16,17)18;1-3-9(2)10-7-5-4-6-8-10;1-3-7(2,4-12)6(13)14-5-8(9,10)11;1-4-8(2,3)7(10)11-6-5-9/h19,21H,5-6H2,1-4H3;4-9H,3H2,1-2H3;12H,3-5H2,1-2H3;9H,4-6H2,1-3H3. The minimum atomic E-state index is -6.13. The van der Waals surface area contributed by atoms with E-state index < -0.39 is 77.7 Å². The first-order chi connectivity index (χ1) is 25.6. The maximum Gasteiger partial charge on any atom is 0.430 e. The van der Waals surface area contributed by atoms with Crippen LogP contribution in [0, 0.1) is 16.2 Å². The van der Waals surface area contributed by atoms with Gasteiger partial charge in [-0.05, 0) is 78.7 Å². The van der Waals surface area contributed by atoms with Gasteiger partial charge >= 0.3 is 36.4 Å². The number of alkyl halides is 9. The quantitative estimate of drug-likeness (QED) is 0.0770. The van der Waals surface area contributed by atoms with Crippen LogP contribution in [0.15, 0.2) is 30.3 Å². The summed E-state index contributed by atoms with van der Waals surface area (Å²) in [5.41, 5.74) is -10.5. The number of carbonyl (C=O) groups is 3. The summed E-state index contributed by atoms with van der Waals surface area (Å²) in [5.74, 6) is -2.04. The van der Waals surface area contributed by atoms with Crippen LogP contribution >= 0.6 is 0 Å². The van der Waals surface area contributed by atoms with Gasteiger partial charge in [-0.15, -0.1) is 0 Å². The Labute approximate surface area is 329 Å². The molecule has 10 nitrogen and oxygen atoms in total. The summed E-state index contributed by atoms with van der Waals surface area (Å²) in [4.78, 5) is 34.0. The third-order valence-electron chi connectivity index (χ3n) is 9.39. The lowest BCUT2D eigenvalue weighted by molar-refractivity contribution is -0.408. The molecule has 0 aliphatic heterocycles. The normalized spacial score (nSPS) is 15.0. The fourth-order valence-corrected chi connectivity index (χ4v) is 3.73. The Bertz CT molecular complexity index is 1290. The number of ether oxygens (including phenoxy) is 3. The van der Waals surface area contributed by atoms with Crippen molar-refractivity contribution in [3.05, 3.63) is 35.9 Å². The van der Waals surface area contributed by atoms with E-state index in [0.717, 1.165) is 13.3 Å². The van der Waals surface area contributed by atoms with Crippen LogP contribution in [0.3, 0.4) is 0 Å². The smallest absolute Gasteiger partial charge is 0.430 e. The van der Waals surface area contributed by atoms with Crippen molar-refractivity contribution in [1.82, 2.24) is 0 Å². The molecule has 3 unspecified atom stereocenters. The van der Waals surface area contributed by atoms with Gasteiger partial charge in [0.2, 0.25) is 0 Å². The summed E-state index contributed by atoms with van der Waals surface area (Å²) >= 11 is 0. The van der Waals surface area contributed by atoms with Crippen molar-refractivity contribution in [2.24, 2.45) is 16.2 Å². The fourth-order valence-electron chi connectivity index (χ4n) is 3.73. The minimum absolute atomic E-state index is 0.0884. The number of aliphatic hydroxyl groups excluding tert-OH is 3. The van der Waals surface area contributed by atoms with Gasteiger partial charge in [-0.2, -0.15) is 39.5 Å². The fraction of sp³-hybridized carbons (Fsp3) is 0.763. The van der Waals surface area contributed by atoms with E-state index in [1.54, 1.807) is 6.92 Å². The summed E-state index contributed by atoms with van der Waals surface area (Å²) in [6.07, 6.45) is -14.7. The van der Waals surface area contributed by atoms with E-state index in [9.17, 15) is 59.0 Å². The molecule has 57 heavy (non-hydrogen) atoms. The molecule has 1 aromatic rings. The molecule has 3 atom stereocenters. The molecular weight excluding hydrogens is 787 g/mol. The zero-order valence-corrected chi connectivity index (χ0v) is 34.5. The van der Waals surface area contributed by atoms with Gasteiger partial charge in [-0.1, -0.05) is 65.0 Å².